The van der Waals surface area contributed by atoms with Crippen LogP contribution < -0.4 is 5.32 Å². The molecule has 0 saturated carbocycles. The lowest BCUT2D eigenvalue weighted by Crippen LogP contribution is -2.11. The van der Waals surface area contributed by atoms with Gasteiger partial charge in [0.2, 0.25) is 5.28 Å². The van der Waals surface area contributed by atoms with Crippen molar-refractivity contribution in [1.82, 2.24) is 19.9 Å². The van der Waals surface area contributed by atoms with Crippen LogP contribution in [0.25, 0.3) is 11.2 Å². The maximum absolute atomic E-state index is 5.90. The van der Waals surface area contributed by atoms with Crippen LogP contribution in [0.1, 0.15) is 18.4 Å². The number of anilines is 1. The Bertz CT molecular complexity index is 710. The predicted octanol–water partition coefficient (Wildman–Crippen LogP) is 3.22. The van der Waals surface area contributed by atoms with E-state index in [4.69, 9.17) is 11.6 Å². The molecule has 102 valence electrons. The number of fused-ring (bicyclic) bond motifs is 1. The standard InChI is InChI=1S/C14H14ClN5/c1-9(10-5-3-2-4-6-10)7-16-12-11-13(18-8-17-11)20-14(15)19-12/h2-6,8-9H,7H2,1H3,(H2,16,17,18,19,20). The van der Waals surface area contributed by atoms with Gasteiger partial charge in [0.1, 0.15) is 5.52 Å². The summed E-state index contributed by atoms with van der Waals surface area (Å²) in [6.07, 6.45) is 1.58. The number of imidazole rings is 1. The Balaban J connectivity index is 1.78. The first kappa shape index (κ1) is 12.9. The number of H-pyrrole nitrogens is 1. The van der Waals surface area contributed by atoms with Crippen molar-refractivity contribution in [2.24, 2.45) is 0 Å². The van der Waals surface area contributed by atoms with Gasteiger partial charge in [-0.25, -0.2) is 4.98 Å². The van der Waals surface area contributed by atoms with Crippen molar-refractivity contribution >= 4 is 28.6 Å². The summed E-state index contributed by atoms with van der Waals surface area (Å²) in [7, 11) is 0. The first-order valence-corrected chi connectivity index (χ1v) is 6.77. The second-order valence-electron chi connectivity index (χ2n) is 4.64. The number of nitrogens with zero attached hydrogens (tertiary/aromatic N) is 3. The number of halogens is 1. The van der Waals surface area contributed by atoms with Crippen LogP contribution in [-0.4, -0.2) is 26.5 Å². The molecule has 6 heteroatoms. The molecule has 0 aliphatic rings. The molecule has 1 atom stereocenters. The second kappa shape index (κ2) is 5.46. The van der Waals surface area contributed by atoms with E-state index in [1.54, 1.807) is 6.33 Å². The fraction of sp³-hybridized carbons (Fsp3) is 0.214. The van der Waals surface area contributed by atoms with E-state index < -0.39 is 0 Å². The first-order chi connectivity index (χ1) is 9.74. The third-order valence-electron chi connectivity index (χ3n) is 3.20. The lowest BCUT2D eigenvalue weighted by molar-refractivity contribution is 0.802. The number of hydrogen-bond acceptors (Lipinski definition) is 4. The van der Waals surface area contributed by atoms with Gasteiger partial charge in [-0.05, 0) is 23.1 Å². The summed E-state index contributed by atoms with van der Waals surface area (Å²) in [6.45, 7) is 2.92. The summed E-state index contributed by atoms with van der Waals surface area (Å²) < 4.78 is 0. The Hall–Kier alpha value is -2.14. The first-order valence-electron chi connectivity index (χ1n) is 6.39. The van der Waals surface area contributed by atoms with E-state index in [1.165, 1.54) is 5.56 Å². The molecule has 0 bridgehead atoms. The molecule has 1 unspecified atom stereocenters. The van der Waals surface area contributed by atoms with Crippen molar-refractivity contribution in [3.05, 3.63) is 47.5 Å². The number of hydrogen-bond donors (Lipinski definition) is 2. The molecule has 1 aromatic carbocycles. The zero-order valence-corrected chi connectivity index (χ0v) is 11.7. The minimum atomic E-state index is 0.194. The van der Waals surface area contributed by atoms with Crippen LogP contribution in [-0.2, 0) is 0 Å². The minimum Gasteiger partial charge on any atom is -0.368 e. The van der Waals surface area contributed by atoms with E-state index in [1.807, 2.05) is 18.2 Å². The van der Waals surface area contributed by atoms with Crippen molar-refractivity contribution in [2.75, 3.05) is 11.9 Å². The SMILES string of the molecule is CC(CNc1nc(Cl)nc2nc[nH]c12)c1ccccc1. The van der Waals surface area contributed by atoms with Crippen molar-refractivity contribution < 1.29 is 0 Å². The van der Waals surface area contributed by atoms with Crippen LogP contribution in [0.15, 0.2) is 36.7 Å². The summed E-state index contributed by atoms with van der Waals surface area (Å²) in [6, 6.07) is 10.3. The van der Waals surface area contributed by atoms with Crippen LogP contribution in [0, 0.1) is 0 Å². The highest BCUT2D eigenvalue weighted by Gasteiger charge is 2.10. The van der Waals surface area contributed by atoms with E-state index in [0.717, 1.165) is 12.1 Å². The Morgan fingerprint density at radius 2 is 2.05 bits per heavy atom. The fourth-order valence-corrected chi connectivity index (χ4v) is 2.25. The minimum absolute atomic E-state index is 0.194. The molecule has 0 fully saturated rings. The molecule has 2 heterocycles. The maximum atomic E-state index is 5.90. The molecule has 2 aromatic heterocycles. The number of aromatic nitrogens is 4. The molecule has 0 radical (unpaired) electrons. The van der Waals surface area contributed by atoms with Gasteiger partial charge in [-0.15, -0.1) is 0 Å². The number of nitrogens with one attached hydrogen (secondary N) is 2. The molecular formula is C14H14ClN5. The van der Waals surface area contributed by atoms with E-state index >= 15 is 0 Å². The molecule has 0 amide bonds. The van der Waals surface area contributed by atoms with Crippen LogP contribution in [0.5, 0.6) is 0 Å². The molecule has 3 rings (SSSR count). The van der Waals surface area contributed by atoms with E-state index in [9.17, 15) is 0 Å². The average Bonchev–Trinajstić information content (AvgIpc) is 2.93. The van der Waals surface area contributed by atoms with Crippen LogP contribution in [0.4, 0.5) is 5.82 Å². The smallest absolute Gasteiger partial charge is 0.226 e. The topological polar surface area (TPSA) is 66.5 Å². The number of rotatable bonds is 4. The maximum Gasteiger partial charge on any atom is 0.226 e. The number of benzene rings is 1. The average molecular weight is 288 g/mol. The van der Waals surface area contributed by atoms with Crippen molar-refractivity contribution in [3.8, 4) is 0 Å². The highest BCUT2D eigenvalue weighted by molar-refractivity contribution is 6.28. The van der Waals surface area contributed by atoms with Gasteiger partial charge >= 0.3 is 0 Å². The van der Waals surface area contributed by atoms with E-state index in [2.05, 4.69) is 44.3 Å². The van der Waals surface area contributed by atoms with Crippen molar-refractivity contribution in [3.63, 3.8) is 0 Å². The summed E-state index contributed by atoms with van der Waals surface area (Å²) in [5.41, 5.74) is 2.62. The summed E-state index contributed by atoms with van der Waals surface area (Å²) in [4.78, 5) is 15.4. The predicted molar refractivity (Wildman–Crippen MR) is 80.0 cm³/mol. The van der Waals surface area contributed by atoms with Crippen molar-refractivity contribution in [1.29, 1.82) is 0 Å². The van der Waals surface area contributed by atoms with Gasteiger partial charge in [0.05, 0.1) is 6.33 Å². The fourth-order valence-electron chi connectivity index (χ4n) is 2.08. The largest absolute Gasteiger partial charge is 0.368 e. The summed E-state index contributed by atoms with van der Waals surface area (Å²) in [5, 5.41) is 3.50. The molecule has 0 aliphatic carbocycles. The highest BCUT2D eigenvalue weighted by Crippen LogP contribution is 2.20. The van der Waals surface area contributed by atoms with Crippen LogP contribution >= 0.6 is 11.6 Å². The zero-order chi connectivity index (χ0) is 13.9. The van der Waals surface area contributed by atoms with Gasteiger partial charge in [-0.1, -0.05) is 37.3 Å². The molecule has 0 spiro atoms. The third kappa shape index (κ3) is 2.58. The quantitative estimate of drug-likeness (QED) is 0.723. The highest BCUT2D eigenvalue weighted by atomic mass is 35.5. The van der Waals surface area contributed by atoms with Gasteiger partial charge in [0.25, 0.3) is 0 Å². The Morgan fingerprint density at radius 3 is 2.85 bits per heavy atom. The van der Waals surface area contributed by atoms with Gasteiger partial charge < -0.3 is 10.3 Å². The normalized spacial score (nSPS) is 12.5. The van der Waals surface area contributed by atoms with Gasteiger partial charge in [-0.2, -0.15) is 9.97 Å². The zero-order valence-electron chi connectivity index (χ0n) is 11.0. The third-order valence-corrected chi connectivity index (χ3v) is 3.37. The van der Waals surface area contributed by atoms with Crippen LogP contribution in [0.3, 0.4) is 0 Å². The van der Waals surface area contributed by atoms with E-state index in [-0.39, 0.29) is 5.28 Å². The summed E-state index contributed by atoms with van der Waals surface area (Å²) >= 11 is 5.90. The van der Waals surface area contributed by atoms with Crippen LogP contribution in [0.2, 0.25) is 5.28 Å². The Kier molecular flexibility index (Phi) is 3.52. The van der Waals surface area contributed by atoms with Crippen molar-refractivity contribution in [2.45, 2.75) is 12.8 Å². The monoisotopic (exact) mass is 287 g/mol. The lowest BCUT2D eigenvalue weighted by atomic mass is 10.0. The molecule has 5 nitrogen and oxygen atoms in total. The molecule has 2 N–H and O–H groups in total. The molecule has 3 aromatic rings. The van der Waals surface area contributed by atoms with Gasteiger partial charge in [0.15, 0.2) is 11.5 Å². The Morgan fingerprint density at radius 1 is 1.25 bits per heavy atom. The summed E-state index contributed by atoms with van der Waals surface area (Å²) in [5.74, 6) is 1.04. The number of aromatic amines is 1. The molecule has 0 aliphatic heterocycles. The molecule has 0 saturated heterocycles. The second-order valence-corrected chi connectivity index (χ2v) is 4.97. The Labute approximate surface area is 121 Å². The lowest BCUT2D eigenvalue weighted by Gasteiger charge is -2.13. The molecule has 20 heavy (non-hydrogen) atoms. The van der Waals surface area contributed by atoms with Gasteiger partial charge in [-0.3, -0.25) is 0 Å². The molecular weight excluding hydrogens is 274 g/mol. The van der Waals surface area contributed by atoms with Gasteiger partial charge in [0, 0.05) is 6.54 Å². The van der Waals surface area contributed by atoms with E-state index in [0.29, 0.717) is 17.4 Å².